The van der Waals surface area contributed by atoms with Crippen LogP contribution in [-0.4, -0.2) is 31.6 Å². The molecule has 1 aromatic carbocycles. The van der Waals surface area contributed by atoms with E-state index < -0.39 is 0 Å². The Morgan fingerprint density at radius 2 is 1.94 bits per heavy atom. The quantitative estimate of drug-likeness (QED) is 0.889. The number of hydrogen-bond acceptors (Lipinski definition) is 3. The van der Waals surface area contributed by atoms with Gasteiger partial charge in [0.25, 0.3) is 0 Å². The van der Waals surface area contributed by atoms with E-state index in [9.17, 15) is 0 Å². The van der Waals surface area contributed by atoms with Gasteiger partial charge in [-0.3, -0.25) is 4.90 Å². The first-order valence-electron chi connectivity index (χ1n) is 6.76. The van der Waals surface area contributed by atoms with Gasteiger partial charge in [0.2, 0.25) is 0 Å². The number of ether oxygens (including phenoxy) is 1. The molecule has 1 aliphatic heterocycles. The summed E-state index contributed by atoms with van der Waals surface area (Å²) in [5, 5.41) is 0. The number of likely N-dealkylation sites (tertiary alicyclic amines) is 1. The third kappa shape index (κ3) is 2.52. The first-order valence-corrected chi connectivity index (χ1v) is 6.76. The fraction of sp³-hybridized carbons (Fsp3) is 0.600. The van der Waals surface area contributed by atoms with E-state index in [2.05, 4.69) is 30.9 Å². The maximum absolute atomic E-state index is 6.01. The SMILES string of the molecule is COc1c(C)cc(C)cc1C(CN)N1CCCC1. The lowest BCUT2D eigenvalue weighted by Crippen LogP contribution is -2.31. The number of benzene rings is 1. The van der Waals surface area contributed by atoms with E-state index in [-0.39, 0.29) is 0 Å². The van der Waals surface area contributed by atoms with Crippen molar-refractivity contribution in [3.8, 4) is 5.75 Å². The second-order valence-electron chi connectivity index (χ2n) is 5.20. The number of rotatable bonds is 4. The zero-order chi connectivity index (χ0) is 13.1. The number of nitrogens with zero attached hydrogens (tertiary/aromatic N) is 1. The van der Waals surface area contributed by atoms with Crippen molar-refractivity contribution in [1.82, 2.24) is 4.90 Å². The van der Waals surface area contributed by atoms with Crippen LogP contribution in [0.1, 0.15) is 35.6 Å². The molecule has 0 saturated carbocycles. The summed E-state index contributed by atoms with van der Waals surface area (Å²) in [6, 6.07) is 4.68. The summed E-state index contributed by atoms with van der Waals surface area (Å²) in [4.78, 5) is 2.48. The van der Waals surface area contributed by atoms with Crippen LogP contribution in [-0.2, 0) is 0 Å². The fourth-order valence-electron chi connectivity index (χ4n) is 3.04. The third-order valence-corrected chi connectivity index (χ3v) is 3.82. The molecule has 1 unspecified atom stereocenters. The standard InChI is InChI=1S/C15H24N2O/c1-11-8-12(2)15(18-3)13(9-11)14(10-16)17-6-4-5-7-17/h8-9,14H,4-7,10,16H2,1-3H3. The number of nitrogens with two attached hydrogens (primary N) is 1. The molecule has 1 atom stereocenters. The van der Waals surface area contributed by atoms with E-state index in [1.807, 2.05) is 0 Å². The molecule has 0 amide bonds. The van der Waals surface area contributed by atoms with Gasteiger partial charge in [-0.1, -0.05) is 17.7 Å². The predicted octanol–water partition coefficient (Wildman–Crippen LogP) is 2.41. The molecule has 1 heterocycles. The summed E-state index contributed by atoms with van der Waals surface area (Å²) in [6.45, 7) is 7.19. The smallest absolute Gasteiger partial charge is 0.126 e. The Kier molecular flexibility index (Phi) is 4.25. The number of hydrogen-bond donors (Lipinski definition) is 1. The van der Waals surface area contributed by atoms with Crippen LogP contribution in [0.15, 0.2) is 12.1 Å². The molecule has 1 aromatic rings. The van der Waals surface area contributed by atoms with Gasteiger partial charge >= 0.3 is 0 Å². The first-order chi connectivity index (χ1) is 8.67. The summed E-state index contributed by atoms with van der Waals surface area (Å²) in [6.07, 6.45) is 2.56. The van der Waals surface area contributed by atoms with Gasteiger partial charge in [0.1, 0.15) is 5.75 Å². The van der Waals surface area contributed by atoms with Gasteiger partial charge in [-0.2, -0.15) is 0 Å². The highest BCUT2D eigenvalue weighted by Crippen LogP contribution is 2.34. The second-order valence-corrected chi connectivity index (χ2v) is 5.20. The summed E-state index contributed by atoms with van der Waals surface area (Å²) < 4.78 is 5.59. The van der Waals surface area contributed by atoms with Gasteiger partial charge in [-0.05, 0) is 45.3 Å². The van der Waals surface area contributed by atoms with Crippen LogP contribution in [0.3, 0.4) is 0 Å². The van der Waals surface area contributed by atoms with Crippen molar-refractivity contribution in [3.63, 3.8) is 0 Å². The molecule has 2 rings (SSSR count). The minimum Gasteiger partial charge on any atom is -0.496 e. The predicted molar refractivity (Wildman–Crippen MR) is 75.1 cm³/mol. The van der Waals surface area contributed by atoms with Crippen LogP contribution in [0.2, 0.25) is 0 Å². The maximum Gasteiger partial charge on any atom is 0.126 e. The molecular formula is C15H24N2O. The van der Waals surface area contributed by atoms with Crippen LogP contribution in [0, 0.1) is 13.8 Å². The van der Waals surface area contributed by atoms with Crippen LogP contribution < -0.4 is 10.5 Å². The van der Waals surface area contributed by atoms with Crippen LogP contribution >= 0.6 is 0 Å². The van der Waals surface area contributed by atoms with Gasteiger partial charge in [0.15, 0.2) is 0 Å². The Balaban J connectivity index is 2.39. The van der Waals surface area contributed by atoms with E-state index in [1.165, 1.54) is 29.5 Å². The molecule has 0 spiro atoms. The van der Waals surface area contributed by atoms with Crippen molar-refractivity contribution in [2.75, 3.05) is 26.7 Å². The third-order valence-electron chi connectivity index (χ3n) is 3.82. The molecular weight excluding hydrogens is 224 g/mol. The Morgan fingerprint density at radius 1 is 1.28 bits per heavy atom. The number of methoxy groups -OCH3 is 1. The van der Waals surface area contributed by atoms with Gasteiger partial charge < -0.3 is 10.5 Å². The topological polar surface area (TPSA) is 38.5 Å². The minimum atomic E-state index is 0.293. The highest BCUT2D eigenvalue weighted by molar-refractivity contribution is 5.45. The molecule has 3 heteroatoms. The van der Waals surface area contributed by atoms with Crippen molar-refractivity contribution in [1.29, 1.82) is 0 Å². The normalized spacial score (nSPS) is 18.0. The van der Waals surface area contributed by atoms with Crippen molar-refractivity contribution in [3.05, 3.63) is 28.8 Å². The molecule has 2 N–H and O–H groups in total. The van der Waals surface area contributed by atoms with E-state index >= 15 is 0 Å². The average Bonchev–Trinajstić information content (AvgIpc) is 2.83. The van der Waals surface area contributed by atoms with Crippen molar-refractivity contribution in [2.24, 2.45) is 5.73 Å². The molecule has 1 saturated heterocycles. The lowest BCUT2D eigenvalue weighted by molar-refractivity contribution is 0.245. The maximum atomic E-state index is 6.01. The summed E-state index contributed by atoms with van der Waals surface area (Å²) in [7, 11) is 1.75. The van der Waals surface area contributed by atoms with E-state index in [1.54, 1.807) is 7.11 Å². The zero-order valence-corrected chi connectivity index (χ0v) is 11.7. The van der Waals surface area contributed by atoms with E-state index in [4.69, 9.17) is 10.5 Å². The van der Waals surface area contributed by atoms with Gasteiger partial charge in [0, 0.05) is 12.1 Å². The number of aryl methyl sites for hydroxylation is 2. The van der Waals surface area contributed by atoms with Crippen molar-refractivity contribution >= 4 is 0 Å². The van der Waals surface area contributed by atoms with Crippen molar-refractivity contribution < 1.29 is 4.74 Å². The zero-order valence-electron chi connectivity index (χ0n) is 11.7. The molecule has 3 nitrogen and oxygen atoms in total. The van der Waals surface area contributed by atoms with E-state index in [0.717, 1.165) is 18.8 Å². The Hall–Kier alpha value is -1.06. The van der Waals surface area contributed by atoms with E-state index in [0.29, 0.717) is 12.6 Å². The molecule has 0 aromatic heterocycles. The van der Waals surface area contributed by atoms with Crippen molar-refractivity contribution in [2.45, 2.75) is 32.7 Å². The molecule has 0 aliphatic carbocycles. The lowest BCUT2D eigenvalue weighted by atomic mass is 9.98. The Bertz CT molecular complexity index is 411. The molecule has 1 fully saturated rings. The van der Waals surface area contributed by atoms with Gasteiger partial charge in [-0.25, -0.2) is 0 Å². The highest BCUT2D eigenvalue weighted by atomic mass is 16.5. The highest BCUT2D eigenvalue weighted by Gasteiger charge is 2.25. The lowest BCUT2D eigenvalue weighted by Gasteiger charge is -2.28. The first kappa shape index (κ1) is 13.4. The molecule has 100 valence electrons. The average molecular weight is 248 g/mol. The van der Waals surface area contributed by atoms with Crippen LogP contribution in [0.5, 0.6) is 5.75 Å². The van der Waals surface area contributed by atoms with Crippen LogP contribution in [0.4, 0.5) is 0 Å². The molecule has 0 radical (unpaired) electrons. The van der Waals surface area contributed by atoms with Gasteiger partial charge in [-0.15, -0.1) is 0 Å². The Labute approximate surface area is 110 Å². The Morgan fingerprint density at radius 3 is 2.50 bits per heavy atom. The largest absolute Gasteiger partial charge is 0.496 e. The minimum absolute atomic E-state index is 0.293. The monoisotopic (exact) mass is 248 g/mol. The second kappa shape index (κ2) is 5.72. The summed E-state index contributed by atoms with van der Waals surface area (Å²) >= 11 is 0. The molecule has 1 aliphatic rings. The summed E-state index contributed by atoms with van der Waals surface area (Å²) in [5.41, 5.74) is 9.74. The van der Waals surface area contributed by atoms with Gasteiger partial charge in [0.05, 0.1) is 13.2 Å². The molecule has 18 heavy (non-hydrogen) atoms. The summed E-state index contributed by atoms with van der Waals surface area (Å²) in [5.74, 6) is 1.00. The fourth-order valence-corrected chi connectivity index (χ4v) is 3.04. The van der Waals surface area contributed by atoms with Crippen LogP contribution in [0.25, 0.3) is 0 Å². The molecule has 0 bridgehead atoms.